The highest BCUT2D eigenvalue weighted by molar-refractivity contribution is 7.99. The average molecular weight is 495 g/mol. The molecule has 0 heterocycles. The summed E-state index contributed by atoms with van der Waals surface area (Å²) >= 11 is 14.3. The summed E-state index contributed by atoms with van der Waals surface area (Å²) in [4.78, 5) is 14.3. The van der Waals surface area contributed by atoms with Crippen LogP contribution >= 0.6 is 35.0 Å². The zero-order valence-corrected chi connectivity index (χ0v) is 19.9. The van der Waals surface area contributed by atoms with Gasteiger partial charge < -0.3 is 4.90 Å². The van der Waals surface area contributed by atoms with Gasteiger partial charge in [-0.3, -0.25) is 10.1 Å². The van der Waals surface area contributed by atoms with Crippen molar-refractivity contribution in [3.8, 4) is 0 Å². The number of nitro groups is 1. The van der Waals surface area contributed by atoms with Crippen LogP contribution in [0.4, 0.5) is 11.4 Å². The number of anilines is 1. The van der Waals surface area contributed by atoms with Gasteiger partial charge in [0.15, 0.2) is 0 Å². The molecule has 0 saturated carbocycles. The molecular weight excluding hydrogens is 475 g/mol. The van der Waals surface area contributed by atoms with E-state index >= 15 is 0 Å². The summed E-state index contributed by atoms with van der Waals surface area (Å²) in [5.74, 6) is 0. The van der Waals surface area contributed by atoms with E-state index in [2.05, 4.69) is 29.2 Å². The average Bonchev–Trinajstić information content (AvgIpc) is 2.82. The van der Waals surface area contributed by atoms with Crippen molar-refractivity contribution in [3.63, 3.8) is 0 Å². The number of hydrogen-bond donors (Lipinski definition) is 0. The highest BCUT2D eigenvalue weighted by atomic mass is 35.5. The summed E-state index contributed by atoms with van der Waals surface area (Å²) in [6.07, 6.45) is 0. The third-order valence-electron chi connectivity index (χ3n) is 5.06. The van der Waals surface area contributed by atoms with Crippen LogP contribution in [0.2, 0.25) is 10.0 Å². The maximum absolute atomic E-state index is 11.0. The number of halogens is 2. The van der Waals surface area contributed by atoms with Gasteiger partial charge in [0.2, 0.25) is 0 Å². The Kier molecular flexibility index (Phi) is 7.55. The van der Waals surface area contributed by atoms with Gasteiger partial charge in [-0.2, -0.15) is 0 Å². The lowest BCUT2D eigenvalue weighted by Gasteiger charge is -2.26. The molecule has 0 spiro atoms. The maximum atomic E-state index is 11.0. The fourth-order valence-corrected chi connectivity index (χ4v) is 4.82. The first kappa shape index (κ1) is 23.2. The van der Waals surface area contributed by atoms with Crippen LogP contribution < -0.4 is 4.90 Å². The van der Waals surface area contributed by atoms with E-state index in [0.717, 1.165) is 23.7 Å². The minimum absolute atomic E-state index is 0.0386. The van der Waals surface area contributed by atoms with Crippen LogP contribution in [0.25, 0.3) is 0 Å². The van der Waals surface area contributed by atoms with Gasteiger partial charge in [-0.05, 0) is 35.4 Å². The summed E-state index contributed by atoms with van der Waals surface area (Å²) in [5, 5.41) is 11.9. The highest BCUT2D eigenvalue weighted by Gasteiger charge is 2.14. The first-order valence-electron chi connectivity index (χ1n) is 10.2. The third kappa shape index (κ3) is 6.08. The molecule has 166 valence electrons. The Hall–Kier alpha value is -2.99. The largest absolute Gasteiger partial charge is 0.363 e. The molecule has 0 amide bonds. The van der Waals surface area contributed by atoms with Crippen molar-refractivity contribution in [2.75, 3.05) is 4.90 Å². The van der Waals surface area contributed by atoms with Crippen molar-refractivity contribution in [2.24, 2.45) is 0 Å². The molecular formula is C26H20Cl2N2O2S. The van der Waals surface area contributed by atoms with E-state index in [4.69, 9.17) is 23.2 Å². The van der Waals surface area contributed by atoms with Gasteiger partial charge in [0.05, 0.1) is 15.0 Å². The monoisotopic (exact) mass is 494 g/mol. The van der Waals surface area contributed by atoms with E-state index in [1.54, 1.807) is 6.07 Å². The molecule has 0 bridgehead atoms. The van der Waals surface area contributed by atoms with Crippen LogP contribution in [0.1, 0.15) is 11.1 Å². The van der Waals surface area contributed by atoms with Crippen molar-refractivity contribution in [2.45, 2.75) is 22.9 Å². The molecule has 0 aromatic heterocycles. The lowest BCUT2D eigenvalue weighted by atomic mass is 10.1. The maximum Gasteiger partial charge on any atom is 0.270 e. The molecule has 0 radical (unpaired) electrons. The molecule has 4 aromatic carbocycles. The molecule has 4 nitrogen and oxygen atoms in total. The van der Waals surface area contributed by atoms with Crippen molar-refractivity contribution in [3.05, 3.63) is 128 Å². The predicted molar refractivity (Wildman–Crippen MR) is 136 cm³/mol. The minimum Gasteiger partial charge on any atom is -0.363 e. The van der Waals surface area contributed by atoms with E-state index in [1.165, 1.54) is 35.0 Å². The minimum atomic E-state index is -0.462. The molecule has 7 heteroatoms. The van der Waals surface area contributed by atoms with Gasteiger partial charge in [-0.25, -0.2) is 0 Å². The Balaban J connectivity index is 1.59. The SMILES string of the molecule is O=[N+]([O-])c1ccc(Sc2ccc(N(Cc3ccccc3)Cc3ccccc3)cc2Cl)c(Cl)c1. The standard InChI is InChI=1S/C26H20Cl2N2O2S/c27-23-15-21(11-13-25(23)33-26-14-12-22(30(31)32)16-24(26)28)29(17-19-7-3-1-4-8-19)18-20-9-5-2-6-10-20/h1-16H,17-18H2. The zero-order valence-electron chi connectivity index (χ0n) is 17.5. The van der Waals surface area contributed by atoms with Crippen LogP contribution in [-0.4, -0.2) is 4.92 Å². The van der Waals surface area contributed by atoms with E-state index in [-0.39, 0.29) is 5.69 Å². The predicted octanol–water partition coefficient (Wildman–Crippen LogP) is 8.26. The lowest BCUT2D eigenvalue weighted by molar-refractivity contribution is -0.384. The number of hydrogen-bond acceptors (Lipinski definition) is 4. The number of rotatable bonds is 8. The first-order valence-corrected chi connectivity index (χ1v) is 11.8. The zero-order chi connectivity index (χ0) is 23.2. The molecule has 4 aromatic rings. The van der Waals surface area contributed by atoms with Crippen LogP contribution in [0.3, 0.4) is 0 Å². The fourth-order valence-electron chi connectivity index (χ4n) is 3.42. The van der Waals surface area contributed by atoms with E-state index in [1.807, 2.05) is 54.6 Å². The van der Waals surface area contributed by atoms with Crippen molar-refractivity contribution in [1.29, 1.82) is 0 Å². The molecule has 0 saturated heterocycles. The second-order valence-corrected chi connectivity index (χ2v) is 9.31. The lowest BCUT2D eigenvalue weighted by Crippen LogP contribution is -2.22. The topological polar surface area (TPSA) is 46.4 Å². The first-order chi connectivity index (χ1) is 16.0. The molecule has 0 aliphatic heterocycles. The Bertz CT molecular complexity index is 1210. The molecule has 0 unspecified atom stereocenters. The van der Waals surface area contributed by atoms with Gasteiger partial charge in [0.25, 0.3) is 5.69 Å². The summed E-state index contributed by atoms with van der Waals surface area (Å²) in [6.45, 7) is 1.49. The molecule has 0 aliphatic carbocycles. The van der Waals surface area contributed by atoms with Crippen molar-refractivity contribution in [1.82, 2.24) is 0 Å². The number of benzene rings is 4. The molecule has 0 aliphatic rings. The molecule has 0 N–H and O–H groups in total. The Morgan fingerprint density at radius 2 is 1.24 bits per heavy atom. The third-order valence-corrected chi connectivity index (χ3v) is 7.06. The molecule has 33 heavy (non-hydrogen) atoms. The summed E-state index contributed by atoms with van der Waals surface area (Å²) < 4.78 is 0. The van der Waals surface area contributed by atoms with Crippen LogP contribution in [-0.2, 0) is 13.1 Å². The summed E-state index contributed by atoms with van der Waals surface area (Å²) in [7, 11) is 0. The van der Waals surface area contributed by atoms with Crippen LogP contribution in [0.15, 0.2) is 107 Å². The van der Waals surface area contributed by atoms with Gasteiger partial charge in [0.1, 0.15) is 0 Å². The number of non-ortho nitro benzene ring substituents is 1. The Morgan fingerprint density at radius 1 is 0.727 bits per heavy atom. The van der Waals surface area contributed by atoms with Crippen LogP contribution in [0.5, 0.6) is 0 Å². The van der Waals surface area contributed by atoms with Crippen LogP contribution in [0, 0.1) is 10.1 Å². The quantitative estimate of drug-likeness (QED) is 0.182. The van der Waals surface area contributed by atoms with Crippen molar-refractivity contribution < 1.29 is 4.92 Å². The summed E-state index contributed by atoms with van der Waals surface area (Å²) in [6, 6.07) is 31.0. The molecule has 0 atom stereocenters. The van der Waals surface area contributed by atoms with E-state index in [9.17, 15) is 10.1 Å². The smallest absolute Gasteiger partial charge is 0.270 e. The van der Waals surface area contributed by atoms with Gasteiger partial charge >= 0.3 is 0 Å². The van der Waals surface area contributed by atoms with Gasteiger partial charge in [-0.15, -0.1) is 0 Å². The molecule has 0 fully saturated rings. The Morgan fingerprint density at radius 3 is 1.73 bits per heavy atom. The number of nitro benzene ring substituents is 1. The second-order valence-electron chi connectivity index (χ2n) is 7.42. The highest BCUT2D eigenvalue weighted by Crippen LogP contribution is 2.40. The van der Waals surface area contributed by atoms with E-state index in [0.29, 0.717) is 14.9 Å². The normalized spacial score (nSPS) is 10.7. The number of nitrogens with zero attached hydrogens (tertiary/aromatic N) is 2. The van der Waals surface area contributed by atoms with Crippen molar-refractivity contribution >= 4 is 46.3 Å². The van der Waals surface area contributed by atoms with E-state index < -0.39 is 4.92 Å². The fraction of sp³-hybridized carbons (Fsp3) is 0.0769. The molecule has 4 rings (SSSR count). The second kappa shape index (κ2) is 10.8. The summed E-state index contributed by atoms with van der Waals surface area (Å²) in [5.41, 5.74) is 3.39. The Labute approximate surface area is 206 Å². The van der Waals surface area contributed by atoms with Gasteiger partial charge in [-0.1, -0.05) is 95.6 Å². The van der Waals surface area contributed by atoms with Gasteiger partial charge in [0, 0.05) is 40.7 Å².